The van der Waals surface area contributed by atoms with Crippen LogP contribution >= 0.6 is 11.3 Å². The first-order chi connectivity index (χ1) is 11.7. The van der Waals surface area contributed by atoms with Gasteiger partial charge in [0, 0.05) is 12.0 Å². The van der Waals surface area contributed by atoms with E-state index in [9.17, 15) is 13.2 Å². The summed E-state index contributed by atoms with van der Waals surface area (Å²) in [7, 11) is -3.81. The second-order valence-corrected chi connectivity index (χ2v) is 8.82. The number of amides is 1. The zero-order valence-electron chi connectivity index (χ0n) is 14.6. The zero-order chi connectivity index (χ0) is 18.6. The van der Waals surface area contributed by atoms with Crippen molar-refractivity contribution in [3.63, 3.8) is 0 Å². The molecule has 2 aromatic rings. The maximum atomic E-state index is 12.5. The monoisotopic (exact) mass is 382 g/mol. The highest BCUT2D eigenvalue weighted by Gasteiger charge is 2.24. The molecule has 9 heteroatoms. The number of nitrogens with zero attached hydrogens (tertiary/aromatic N) is 2. The molecule has 0 radical (unpaired) electrons. The summed E-state index contributed by atoms with van der Waals surface area (Å²) < 4.78 is 27.3. The molecule has 0 spiro atoms. The van der Waals surface area contributed by atoms with Crippen LogP contribution in [0.25, 0.3) is 0 Å². The standard InChI is InChI=1S/C16H22N4O3S2/c1-5-12-6-8-13(9-7-12)11(4)20-25(22,23)16-19-18-15(24-16)17-14(21)10(2)3/h6-11,20H,5H2,1-4H3,(H,17,18,21). The summed E-state index contributed by atoms with van der Waals surface area (Å²) in [6.45, 7) is 7.30. The lowest BCUT2D eigenvalue weighted by Gasteiger charge is -2.13. The van der Waals surface area contributed by atoms with Crippen LogP contribution in [0.3, 0.4) is 0 Å². The molecule has 0 aliphatic heterocycles. The van der Waals surface area contributed by atoms with Crippen molar-refractivity contribution in [1.29, 1.82) is 0 Å². The number of nitrogens with one attached hydrogen (secondary N) is 2. The molecule has 1 amide bonds. The Hall–Kier alpha value is -1.84. The molecule has 0 saturated carbocycles. The molecule has 1 aromatic heterocycles. The van der Waals surface area contributed by atoms with Crippen molar-refractivity contribution in [3.05, 3.63) is 35.4 Å². The summed E-state index contributed by atoms with van der Waals surface area (Å²) in [6, 6.07) is 7.35. The van der Waals surface area contributed by atoms with Crippen molar-refractivity contribution < 1.29 is 13.2 Å². The Balaban J connectivity index is 2.10. The Kier molecular flexibility index (Phi) is 6.26. The third-order valence-corrected chi connectivity index (χ3v) is 6.36. The Morgan fingerprint density at radius 2 is 1.80 bits per heavy atom. The van der Waals surface area contributed by atoms with Crippen LogP contribution in [0.15, 0.2) is 28.6 Å². The van der Waals surface area contributed by atoms with E-state index >= 15 is 0 Å². The number of anilines is 1. The quantitative estimate of drug-likeness (QED) is 0.717. The molecular weight excluding hydrogens is 360 g/mol. The van der Waals surface area contributed by atoms with Gasteiger partial charge in [0.05, 0.1) is 0 Å². The molecule has 1 heterocycles. The molecule has 2 rings (SSSR count). The number of carbonyl (C=O) groups excluding carboxylic acids is 1. The lowest BCUT2D eigenvalue weighted by Crippen LogP contribution is -2.26. The SMILES string of the molecule is CCc1ccc(C(C)NS(=O)(=O)c2nnc(NC(=O)C(C)C)s2)cc1. The Bertz CT molecular complexity index is 829. The Labute approximate surface area is 151 Å². The van der Waals surface area contributed by atoms with E-state index in [1.165, 1.54) is 5.56 Å². The molecule has 0 saturated heterocycles. The van der Waals surface area contributed by atoms with E-state index in [4.69, 9.17) is 0 Å². The predicted molar refractivity (Wildman–Crippen MR) is 97.9 cm³/mol. The van der Waals surface area contributed by atoms with Gasteiger partial charge in [0.25, 0.3) is 10.0 Å². The van der Waals surface area contributed by atoms with E-state index < -0.39 is 16.1 Å². The summed E-state index contributed by atoms with van der Waals surface area (Å²) in [6.07, 6.45) is 0.927. The summed E-state index contributed by atoms with van der Waals surface area (Å²) in [5.74, 6) is -0.467. The van der Waals surface area contributed by atoms with Crippen LogP contribution in [-0.4, -0.2) is 24.5 Å². The van der Waals surface area contributed by atoms with Gasteiger partial charge in [-0.15, -0.1) is 10.2 Å². The maximum absolute atomic E-state index is 12.5. The van der Waals surface area contributed by atoms with Gasteiger partial charge in [0.2, 0.25) is 15.4 Å². The molecule has 0 aliphatic carbocycles. The minimum absolute atomic E-state index is 0.166. The topological polar surface area (TPSA) is 101 Å². The highest BCUT2D eigenvalue weighted by Crippen LogP contribution is 2.23. The smallest absolute Gasteiger partial charge is 0.270 e. The fraction of sp³-hybridized carbons (Fsp3) is 0.438. The number of sulfonamides is 1. The number of benzene rings is 1. The molecule has 1 unspecified atom stereocenters. The number of aryl methyl sites for hydroxylation is 1. The van der Waals surface area contributed by atoms with E-state index in [1.807, 2.05) is 24.3 Å². The van der Waals surface area contributed by atoms with Crippen molar-refractivity contribution in [3.8, 4) is 0 Å². The van der Waals surface area contributed by atoms with Crippen molar-refractivity contribution in [1.82, 2.24) is 14.9 Å². The van der Waals surface area contributed by atoms with Crippen molar-refractivity contribution >= 4 is 32.4 Å². The molecular formula is C16H22N4O3S2. The number of hydrogen-bond acceptors (Lipinski definition) is 6. The van der Waals surface area contributed by atoms with Gasteiger partial charge >= 0.3 is 0 Å². The average molecular weight is 383 g/mol. The largest absolute Gasteiger partial charge is 0.300 e. The van der Waals surface area contributed by atoms with E-state index in [-0.39, 0.29) is 21.3 Å². The second kappa shape index (κ2) is 8.03. The number of aromatic nitrogens is 2. The lowest BCUT2D eigenvalue weighted by atomic mass is 10.1. The van der Waals surface area contributed by atoms with E-state index in [2.05, 4.69) is 27.2 Å². The Morgan fingerprint density at radius 3 is 2.36 bits per heavy atom. The molecule has 7 nitrogen and oxygen atoms in total. The Morgan fingerprint density at radius 1 is 1.16 bits per heavy atom. The lowest BCUT2D eigenvalue weighted by molar-refractivity contribution is -0.118. The molecule has 0 bridgehead atoms. The highest BCUT2D eigenvalue weighted by atomic mass is 32.2. The van der Waals surface area contributed by atoms with Crippen LogP contribution in [0, 0.1) is 5.92 Å². The van der Waals surface area contributed by atoms with Gasteiger partial charge in [-0.3, -0.25) is 4.79 Å². The predicted octanol–water partition coefficient (Wildman–Crippen LogP) is 2.73. The third kappa shape index (κ3) is 5.07. The molecule has 1 aromatic carbocycles. The summed E-state index contributed by atoms with van der Waals surface area (Å²) in [5, 5.41) is 10.1. The summed E-state index contributed by atoms with van der Waals surface area (Å²) in [5.41, 5.74) is 2.05. The normalized spacial score (nSPS) is 13.0. The molecule has 2 N–H and O–H groups in total. The van der Waals surface area contributed by atoms with Crippen LogP contribution in [-0.2, 0) is 21.2 Å². The zero-order valence-corrected chi connectivity index (χ0v) is 16.2. The molecule has 25 heavy (non-hydrogen) atoms. The number of rotatable bonds is 7. The summed E-state index contributed by atoms with van der Waals surface area (Å²) in [4.78, 5) is 11.6. The van der Waals surface area contributed by atoms with Gasteiger partial charge in [0.1, 0.15) is 0 Å². The molecule has 0 aliphatic rings. The molecule has 1 atom stereocenters. The fourth-order valence-corrected chi connectivity index (χ4v) is 4.16. The average Bonchev–Trinajstić information content (AvgIpc) is 3.04. The fourth-order valence-electron chi connectivity index (χ4n) is 2.01. The molecule has 0 fully saturated rings. The van der Waals surface area contributed by atoms with E-state index in [0.717, 1.165) is 23.3 Å². The minimum atomic E-state index is -3.81. The van der Waals surface area contributed by atoms with Crippen LogP contribution in [0.5, 0.6) is 0 Å². The van der Waals surface area contributed by atoms with Gasteiger partial charge < -0.3 is 5.32 Å². The number of hydrogen-bond donors (Lipinski definition) is 2. The highest BCUT2D eigenvalue weighted by molar-refractivity contribution is 7.91. The van der Waals surface area contributed by atoms with E-state index in [0.29, 0.717) is 0 Å². The first-order valence-corrected chi connectivity index (χ1v) is 10.3. The van der Waals surface area contributed by atoms with Gasteiger partial charge in [-0.05, 0) is 24.5 Å². The second-order valence-electron chi connectivity index (χ2n) is 5.96. The van der Waals surface area contributed by atoms with Crippen LogP contribution in [0.2, 0.25) is 0 Å². The van der Waals surface area contributed by atoms with Crippen molar-refractivity contribution in [2.75, 3.05) is 5.32 Å². The minimum Gasteiger partial charge on any atom is -0.300 e. The summed E-state index contributed by atoms with van der Waals surface area (Å²) >= 11 is 0.824. The van der Waals surface area contributed by atoms with Crippen LogP contribution in [0.1, 0.15) is 44.9 Å². The van der Waals surface area contributed by atoms with E-state index in [1.54, 1.807) is 20.8 Å². The number of carbonyl (C=O) groups is 1. The van der Waals surface area contributed by atoms with Crippen LogP contribution < -0.4 is 10.0 Å². The first-order valence-electron chi connectivity index (χ1n) is 7.98. The molecule has 136 valence electrons. The third-order valence-electron chi connectivity index (χ3n) is 3.61. The van der Waals surface area contributed by atoms with Crippen LogP contribution in [0.4, 0.5) is 5.13 Å². The van der Waals surface area contributed by atoms with Gasteiger partial charge in [-0.1, -0.05) is 56.4 Å². The van der Waals surface area contributed by atoms with Crippen molar-refractivity contribution in [2.45, 2.75) is 44.5 Å². The van der Waals surface area contributed by atoms with Gasteiger partial charge in [0.15, 0.2) is 0 Å². The van der Waals surface area contributed by atoms with Crippen molar-refractivity contribution in [2.24, 2.45) is 5.92 Å². The first kappa shape index (κ1) is 19.5. The van der Waals surface area contributed by atoms with Gasteiger partial charge in [-0.2, -0.15) is 0 Å². The maximum Gasteiger partial charge on any atom is 0.270 e. The van der Waals surface area contributed by atoms with Gasteiger partial charge in [-0.25, -0.2) is 13.1 Å².